The number of aliphatic hydroxyl groups excluding tert-OH is 3. The number of hydrogen-bond acceptors (Lipinski definition) is 10. The van der Waals surface area contributed by atoms with Crippen molar-refractivity contribution in [2.75, 3.05) is 11.9 Å². The molecule has 0 saturated carbocycles. The molecule has 2 unspecified atom stereocenters. The summed E-state index contributed by atoms with van der Waals surface area (Å²) >= 11 is 0. The fraction of sp³-hybridized carbons (Fsp3) is 0.353. The molecule has 4 N–H and O–H groups in total. The second-order valence-corrected chi connectivity index (χ2v) is 6.55. The van der Waals surface area contributed by atoms with Crippen LogP contribution in [-0.2, 0) is 11.3 Å². The number of anilines is 1. The van der Waals surface area contributed by atoms with Gasteiger partial charge in [-0.05, 0) is 5.56 Å². The van der Waals surface area contributed by atoms with Gasteiger partial charge >= 0.3 is 0 Å². The Morgan fingerprint density at radius 1 is 1.17 bits per heavy atom. The molecule has 1 aliphatic heterocycles. The van der Waals surface area contributed by atoms with Crippen LogP contribution in [0.4, 0.5) is 11.5 Å². The van der Waals surface area contributed by atoms with Crippen LogP contribution in [0.5, 0.6) is 0 Å². The van der Waals surface area contributed by atoms with E-state index >= 15 is 0 Å². The number of ether oxygens (including phenoxy) is 1. The molecule has 3 aromatic rings. The van der Waals surface area contributed by atoms with Crippen molar-refractivity contribution in [3.8, 4) is 0 Å². The molecular weight excluding hydrogens is 384 g/mol. The number of hydrogen-bond donors (Lipinski definition) is 4. The molecule has 12 heteroatoms. The van der Waals surface area contributed by atoms with Crippen LogP contribution in [-0.4, -0.2) is 64.7 Å². The molecule has 12 nitrogen and oxygen atoms in total. The van der Waals surface area contributed by atoms with E-state index in [1.807, 2.05) is 0 Å². The molecule has 3 heterocycles. The minimum atomic E-state index is -1.25. The highest BCUT2D eigenvalue weighted by Crippen LogP contribution is 2.32. The van der Waals surface area contributed by atoms with Crippen LogP contribution in [0, 0.1) is 10.1 Å². The van der Waals surface area contributed by atoms with Crippen molar-refractivity contribution in [2.24, 2.45) is 0 Å². The number of aliphatic hydroxyl groups is 3. The third-order valence-corrected chi connectivity index (χ3v) is 4.76. The third kappa shape index (κ3) is 3.49. The Bertz CT molecular complexity index is 1020. The maximum absolute atomic E-state index is 10.7. The summed E-state index contributed by atoms with van der Waals surface area (Å²) < 4.78 is 6.99. The standard InChI is InChI=1S/C17H18N6O6/c24-6-11-13(25)14(26)17(29-11)22-8-21-12-15(19-7-20-16(12)22)18-5-9-1-3-10(4-2-9)23(27)28/h1-4,7-8,11,13-14,17,24-26H,5-6H2,(H,18,19,20)/t11-,13?,14?,17-/m1/s1. The molecule has 29 heavy (non-hydrogen) atoms. The van der Waals surface area contributed by atoms with E-state index in [0.717, 1.165) is 5.56 Å². The second-order valence-electron chi connectivity index (χ2n) is 6.55. The Hall–Kier alpha value is -3.19. The summed E-state index contributed by atoms with van der Waals surface area (Å²) in [4.78, 5) is 22.9. The maximum Gasteiger partial charge on any atom is 0.269 e. The molecule has 2 aromatic heterocycles. The number of nitro benzene ring substituents is 1. The molecule has 4 rings (SSSR count). The lowest BCUT2D eigenvalue weighted by molar-refractivity contribution is -0.384. The van der Waals surface area contributed by atoms with Crippen LogP contribution < -0.4 is 5.32 Å². The molecular formula is C17H18N6O6. The molecule has 4 atom stereocenters. The van der Waals surface area contributed by atoms with Gasteiger partial charge in [0.05, 0.1) is 17.9 Å². The fourth-order valence-corrected chi connectivity index (χ4v) is 3.20. The first-order valence-electron chi connectivity index (χ1n) is 8.76. The van der Waals surface area contributed by atoms with E-state index in [-0.39, 0.29) is 5.69 Å². The van der Waals surface area contributed by atoms with Crippen LogP contribution in [0.15, 0.2) is 36.9 Å². The highest BCUT2D eigenvalue weighted by atomic mass is 16.6. The number of nitro groups is 1. The van der Waals surface area contributed by atoms with Crippen molar-refractivity contribution in [2.45, 2.75) is 31.1 Å². The van der Waals surface area contributed by atoms with Gasteiger partial charge in [-0.25, -0.2) is 15.0 Å². The number of nitrogens with zero attached hydrogens (tertiary/aromatic N) is 5. The summed E-state index contributed by atoms with van der Waals surface area (Å²) in [7, 11) is 0. The molecule has 1 saturated heterocycles. The van der Waals surface area contributed by atoms with Crippen LogP contribution in [0.1, 0.15) is 11.8 Å². The SMILES string of the molecule is O=[N+]([O-])c1ccc(CNc2ncnc3c2ncn3[C@@H]2O[C@H](CO)C(O)C2O)cc1. The van der Waals surface area contributed by atoms with Gasteiger partial charge in [0, 0.05) is 18.7 Å². The summed E-state index contributed by atoms with van der Waals surface area (Å²) in [6.45, 7) is -0.0802. The zero-order valence-corrected chi connectivity index (χ0v) is 15.0. The minimum Gasteiger partial charge on any atom is -0.394 e. The smallest absolute Gasteiger partial charge is 0.269 e. The lowest BCUT2D eigenvalue weighted by Crippen LogP contribution is -2.33. The summed E-state index contributed by atoms with van der Waals surface area (Å²) in [6, 6.07) is 6.12. The second kappa shape index (κ2) is 7.67. The topological polar surface area (TPSA) is 169 Å². The Labute approximate surface area is 163 Å². The number of imidazole rings is 1. The lowest BCUT2D eigenvalue weighted by atomic mass is 10.1. The van der Waals surface area contributed by atoms with Crippen LogP contribution in [0.2, 0.25) is 0 Å². The van der Waals surface area contributed by atoms with Crippen molar-refractivity contribution in [1.29, 1.82) is 0 Å². The van der Waals surface area contributed by atoms with Crippen LogP contribution in [0.25, 0.3) is 11.2 Å². The van der Waals surface area contributed by atoms with E-state index in [0.29, 0.717) is 23.5 Å². The molecule has 152 valence electrons. The molecule has 1 aliphatic rings. The summed E-state index contributed by atoms with van der Waals surface area (Å²) in [5.74, 6) is 0.429. The molecule has 0 spiro atoms. The van der Waals surface area contributed by atoms with Gasteiger partial charge in [0.2, 0.25) is 0 Å². The quantitative estimate of drug-likeness (QED) is 0.324. The van der Waals surface area contributed by atoms with E-state index in [4.69, 9.17) is 4.74 Å². The van der Waals surface area contributed by atoms with Gasteiger partial charge in [-0.2, -0.15) is 0 Å². The van der Waals surface area contributed by atoms with E-state index in [2.05, 4.69) is 20.3 Å². The molecule has 0 aliphatic carbocycles. The highest BCUT2D eigenvalue weighted by molar-refractivity contribution is 5.82. The Morgan fingerprint density at radius 2 is 1.93 bits per heavy atom. The number of rotatable bonds is 6. The Balaban J connectivity index is 1.55. The maximum atomic E-state index is 10.7. The van der Waals surface area contributed by atoms with Gasteiger partial charge in [-0.1, -0.05) is 12.1 Å². The van der Waals surface area contributed by atoms with Gasteiger partial charge in [0.15, 0.2) is 23.2 Å². The van der Waals surface area contributed by atoms with Gasteiger partial charge in [-0.15, -0.1) is 0 Å². The van der Waals surface area contributed by atoms with Gasteiger partial charge in [0.1, 0.15) is 24.6 Å². The van der Waals surface area contributed by atoms with E-state index in [1.165, 1.54) is 29.4 Å². The summed E-state index contributed by atoms with van der Waals surface area (Å²) in [6.07, 6.45) is -1.62. The minimum absolute atomic E-state index is 0.00964. The van der Waals surface area contributed by atoms with E-state index in [1.54, 1.807) is 12.1 Å². The summed E-state index contributed by atoms with van der Waals surface area (Å²) in [5.41, 5.74) is 1.62. The van der Waals surface area contributed by atoms with Gasteiger partial charge in [0.25, 0.3) is 5.69 Å². The van der Waals surface area contributed by atoms with Crippen LogP contribution >= 0.6 is 0 Å². The number of fused-ring (bicyclic) bond motifs is 1. The lowest BCUT2D eigenvalue weighted by Gasteiger charge is -2.16. The average Bonchev–Trinajstić information content (AvgIpc) is 3.28. The number of non-ortho nitro benzene ring substituents is 1. The zero-order chi connectivity index (χ0) is 20.5. The first kappa shape index (κ1) is 19.1. The summed E-state index contributed by atoms with van der Waals surface area (Å²) in [5, 5.41) is 43.3. The number of benzene rings is 1. The number of nitrogens with one attached hydrogen (secondary N) is 1. The monoisotopic (exact) mass is 402 g/mol. The molecule has 1 aromatic carbocycles. The largest absolute Gasteiger partial charge is 0.394 e. The third-order valence-electron chi connectivity index (χ3n) is 4.76. The molecule has 1 fully saturated rings. The molecule has 0 radical (unpaired) electrons. The predicted octanol–water partition coefficient (Wildman–Crippen LogP) is -0.0419. The highest BCUT2D eigenvalue weighted by Gasteiger charge is 2.44. The number of aromatic nitrogens is 4. The van der Waals surface area contributed by atoms with E-state index in [9.17, 15) is 25.4 Å². The average molecular weight is 402 g/mol. The van der Waals surface area contributed by atoms with E-state index < -0.39 is 36.1 Å². The molecule has 0 bridgehead atoms. The fourth-order valence-electron chi connectivity index (χ4n) is 3.20. The first-order chi connectivity index (χ1) is 14.0. The Kier molecular flexibility index (Phi) is 5.07. The van der Waals surface area contributed by atoms with Crippen molar-refractivity contribution in [3.05, 3.63) is 52.6 Å². The van der Waals surface area contributed by atoms with Crippen LogP contribution in [0.3, 0.4) is 0 Å². The van der Waals surface area contributed by atoms with Crippen molar-refractivity contribution in [1.82, 2.24) is 19.5 Å². The van der Waals surface area contributed by atoms with Crippen molar-refractivity contribution in [3.63, 3.8) is 0 Å². The van der Waals surface area contributed by atoms with Gasteiger partial charge in [-0.3, -0.25) is 14.7 Å². The van der Waals surface area contributed by atoms with Gasteiger partial charge < -0.3 is 25.4 Å². The van der Waals surface area contributed by atoms with Crippen molar-refractivity contribution < 1.29 is 25.0 Å². The normalized spacial score (nSPS) is 24.1. The predicted molar refractivity (Wildman–Crippen MR) is 98.8 cm³/mol. The molecule has 0 amide bonds. The first-order valence-corrected chi connectivity index (χ1v) is 8.76. The zero-order valence-electron chi connectivity index (χ0n) is 15.0. The van der Waals surface area contributed by atoms with Crippen molar-refractivity contribution >= 4 is 22.7 Å². The Morgan fingerprint density at radius 3 is 2.59 bits per heavy atom.